The van der Waals surface area contributed by atoms with E-state index in [0.717, 1.165) is 10.4 Å². The molecule has 0 spiro atoms. The van der Waals surface area contributed by atoms with E-state index in [9.17, 15) is 4.79 Å². The number of anilines is 1. The molecular formula is C22H20N4O4S. The van der Waals surface area contributed by atoms with Gasteiger partial charge in [-0.15, -0.1) is 11.3 Å². The molecule has 0 atom stereocenters. The van der Waals surface area contributed by atoms with Gasteiger partial charge >= 0.3 is 0 Å². The largest absolute Gasteiger partial charge is 0.496 e. The maximum Gasteiger partial charge on any atom is 0.230 e. The fourth-order valence-corrected chi connectivity index (χ4v) is 3.67. The van der Waals surface area contributed by atoms with Gasteiger partial charge in [0.1, 0.15) is 22.8 Å². The van der Waals surface area contributed by atoms with Crippen LogP contribution >= 0.6 is 11.3 Å². The van der Waals surface area contributed by atoms with Crippen LogP contribution < -0.4 is 19.5 Å². The van der Waals surface area contributed by atoms with Gasteiger partial charge in [-0.05, 0) is 13.0 Å². The van der Waals surface area contributed by atoms with Crippen LogP contribution in [0.3, 0.4) is 0 Å². The molecule has 8 nitrogen and oxygen atoms in total. The second kappa shape index (κ2) is 8.97. The number of nitrogens with zero attached hydrogens (tertiary/aromatic N) is 3. The number of nitrogens with one attached hydrogen (secondary N) is 1. The number of thiazole rings is 1. The van der Waals surface area contributed by atoms with Gasteiger partial charge in [0.25, 0.3) is 0 Å². The summed E-state index contributed by atoms with van der Waals surface area (Å²) in [5, 5.41) is 3.38. The lowest BCUT2D eigenvalue weighted by Gasteiger charge is -2.12. The van der Waals surface area contributed by atoms with Crippen molar-refractivity contribution in [2.24, 2.45) is 0 Å². The van der Waals surface area contributed by atoms with E-state index in [0.29, 0.717) is 39.2 Å². The molecule has 1 N–H and O–H groups in total. The molecule has 3 heterocycles. The summed E-state index contributed by atoms with van der Waals surface area (Å²) in [6, 6.07) is 8.87. The van der Waals surface area contributed by atoms with Crippen LogP contribution in [0.2, 0.25) is 0 Å². The van der Waals surface area contributed by atoms with Crippen LogP contribution in [0.15, 0.2) is 48.9 Å². The first-order chi connectivity index (χ1) is 15.1. The predicted molar refractivity (Wildman–Crippen MR) is 118 cm³/mol. The number of rotatable bonds is 7. The van der Waals surface area contributed by atoms with E-state index in [-0.39, 0.29) is 12.3 Å². The molecule has 4 aromatic rings. The summed E-state index contributed by atoms with van der Waals surface area (Å²) >= 11 is 1.43. The van der Waals surface area contributed by atoms with Crippen LogP contribution in [0, 0.1) is 6.92 Å². The zero-order valence-corrected chi connectivity index (χ0v) is 18.0. The van der Waals surface area contributed by atoms with Crippen LogP contribution in [0.4, 0.5) is 5.13 Å². The van der Waals surface area contributed by atoms with Gasteiger partial charge in [0.15, 0.2) is 10.9 Å². The van der Waals surface area contributed by atoms with Gasteiger partial charge in [-0.3, -0.25) is 9.78 Å². The lowest BCUT2D eigenvalue weighted by atomic mass is 10.1. The van der Waals surface area contributed by atoms with E-state index in [1.807, 2.05) is 6.92 Å². The van der Waals surface area contributed by atoms with E-state index >= 15 is 0 Å². The van der Waals surface area contributed by atoms with Crippen LogP contribution in [0.25, 0.3) is 11.0 Å². The fourth-order valence-electron chi connectivity index (χ4n) is 2.99. The topological polar surface area (TPSA) is 95.5 Å². The number of ether oxygens (including phenoxy) is 3. The van der Waals surface area contributed by atoms with Gasteiger partial charge in [-0.25, -0.2) is 9.97 Å². The third-order valence-electron chi connectivity index (χ3n) is 4.46. The Balaban J connectivity index is 1.53. The Morgan fingerprint density at radius 1 is 1.00 bits per heavy atom. The molecule has 1 aromatic carbocycles. The third-order valence-corrected chi connectivity index (χ3v) is 5.28. The molecule has 9 heteroatoms. The molecule has 31 heavy (non-hydrogen) atoms. The molecule has 158 valence electrons. The number of hydrogen-bond acceptors (Lipinski definition) is 8. The minimum absolute atomic E-state index is 0.154. The van der Waals surface area contributed by atoms with Gasteiger partial charge in [-0.1, -0.05) is 6.07 Å². The highest BCUT2D eigenvalue weighted by molar-refractivity contribution is 7.15. The Morgan fingerprint density at radius 2 is 1.87 bits per heavy atom. The van der Waals surface area contributed by atoms with Crippen molar-refractivity contribution in [3.8, 4) is 23.0 Å². The molecule has 0 unspecified atom stereocenters. The van der Waals surface area contributed by atoms with E-state index < -0.39 is 0 Å². The van der Waals surface area contributed by atoms with Crippen LogP contribution in [-0.2, 0) is 11.2 Å². The Bertz CT molecular complexity index is 1240. The monoisotopic (exact) mass is 436 g/mol. The molecule has 0 fully saturated rings. The number of aryl methyl sites for hydroxylation is 1. The molecule has 3 aromatic heterocycles. The average Bonchev–Trinajstić information content (AvgIpc) is 3.18. The molecular weight excluding hydrogens is 416 g/mol. The van der Waals surface area contributed by atoms with Crippen molar-refractivity contribution in [3.05, 3.63) is 59.4 Å². The summed E-state index contributed by atoms with van der Waals surface area (Å²) in [5.41, 5.74) is 2.02. The Labute approximate surface area is 182 Å². The number of carbonyl (C=O) groups excluding carboxylic acids is 1. The first-order valence-corrected chi connectivity index (χ1v) is 10.2. The van der Waals surface area contributed by atoms with Crippen molar-refractivity contribution in [1.29, 1.82) is 0 Å². The Kier molecular flexibility index (Phi) is 5.94. The summed E-state index contributed by atoms with van der Waals surface area (Å²) in [6.45, 7) is 1.94. The van der Waals surface area contributed by atoms with Crippen LogP contribution in [-0.4, -0.2) is 35.1 Å². The van der Waals surface area contributed by atoms with Crippen molar-refractivity contribution < 1.29 is 19.0 Å². The lowest BCUT2D eigenvalue weighted by molar-refractivity contribution is -0.115. The van der Waals surface area contributed by atoms with Gasteiger partial charge in [0.2, 0.25) is 5.91 Å². The minimum atomic E-state index is -0.167. The highest BCUT2D eigenvalue weighted by Crippen LogP contribution is 2.32. The number of amides is 1. The van der Waals surface area contributed by atoms with Crippen molar-refractivity contribution in [1.82, 2.24) is 15.0 Å². The van der Waals surface area contributed by atoms with Gasteiger partial charge < -0.3 is 19.5 Å². The number of aromatic nitrogens is 3. The zero-order valence-electron chi connectivity index (χ0n) is 17.2. The highest BCUT2D eigenvalue weighted by Gasteiger charge is 2.13. The van der Waals surface area contributed by atoms with E-state index in [1.165, 1.54) is 11.3 Å². The molecule has 4 rings (SSSR count). The van der Waals surface area contributed by atoms with Crippen LogP contribution in [0.1, 0.15) is 10.4 Å². The summed E-state index contributed by atoms with van der Waals surface area (Å²) in [7, 11) is 3.13. The molecule has 0 radical (unpaired) electrons. The number of methoxy groups -OCH3 is 2. The molecule has 0 aliphatic rings. The summed E-state index contributed by atoms with van der Waals surface area (Å²) in [5.74, 6) is 2.12. The standard InChI is InChI=1S/C22H20N4O4S/c1-13-11-25-22(31-13)26-20(27)8-14-4-5-15(10-19(14)29-3)30-18-6-7-23-17-9-16(28-2)12-24-21(17)18/h4-7,9-12H,8H2,1-3H3,(H,25,26,27). The number of carbonyl (C=O) groups is 1. The van der Waals surface area contributed by atoms with E-state index in [1.54, 1.807) is 63.1 Å². The van der Waals surface area contributed by atoms with Crippen molar-refractivity contribution >= 4 is 33.4 Å². The first kappa shape index (κ1) is 20.5. The fraction of sp³-hybridized carbons (Fsp3) is 0.182. The van der Waals surface area contributed by atoms with Gasteiger partial charge in [0.05, 0.1) is 32.4 Å². The summed E-state index contributed by atoms with van der Waals surface area (Å²) in [6.07, 6.45) is 5.14. The summed E-state index contributed by atoms with van der Waals surface area (Å²) in [4.78, 5) is 26.3. The average molecular weight is 436 g/mol. The molecule has 0 saturated carbocycles. The zero-order chi connectivity index (χ0) is 21.8. The molecule has 0 saturated heterocycles. The maximum atomic E-state index is 12.4. The van der Waals surface area contributed by atoms with Gasteiger partial charge in [0, 0.05) is 41.0 Å². The highest BCUT2D eigenvalue weighted by atomic mass is 32.1. The Morgan fingerprint density at radius 3 is 2.61 bits per heavy atom. The lowest BCUT2D eigenvalue weighted by Crippen LogP contribution is -2.14. The van der Waals surface area contributed by atoms with Crippen molar-refractivity contribution in [2.75, 3.05) is 19.5 Å². The minimum Gasteiger partial charge on any atom is -0.496 e. The predicted octanol–water partition coefficient (Wildman–Crippen LogP) is 4.39. The number of hydrogen-bond donors (Lipinski definition) is 1. The second-order valence-corrected chi connectivity index (χ2v) is 7.86. The molecule has 0 aliphatic carbocycles. The van der Waals surface area contributed by atoms with Crippen molar-refractivity contribution in [2.45, 2.75) is 13.3 Å². The van der Waals surface area contributed by atoms with E-state index in [4.69, 9.17) is 14.2 Å². The number of benzene rings is 1. The third kappa shape index (κ3) is 4.72. The van der Waals surface area contributed by atoms with E-state index in [2.05, 4.69) is 20.3 Å². The molecule has 0 aliphatic heterocycles. The molecule has 1 amide bonds. The second-order valence-electron chi connectivity index (χ2n) is 6.63. The van der Waals surface area contributed by atoms with Crippen molar-refractivity contribution in [3.63, 3.8) is 0 Å². The Hall–Kier alpha value is -3.72. The smallest absolute Gasteiger partial charge is 0.230 e. The molecule has 0 bridgehead atoms. The van der Waals surface area contributed by atoms with Crippen LogP contribution in [0.5, 0.6) is 23.0 Å². The maximum absolute atomic E-state index is 12.4. The van der Waals surface area contributed by atoms with Gasteiger partial charge in [-0.2, -0.15) is 0 Å². The SMILES string of the molecule is COc1cnc2c(Oc3ccc(CC(=O)Nc4ncc(C)s4)c(OC)c3)ccnc2c1. The number of pyridine rings is 2. The summed E-state index contributed by atoms with van der Waals surface area (Å²) < 4.78 is 16.7. The normalized spacial score (nSPS) is 10.7. The number of fused-ring (bicyclic) bond motifs is 1. The first-order valence-electron chi connectivity index (χ1n) is 9.41. The quantitative estimate of drug-likeness (QED) is 0.459.